The summed E-state index contributed by atoms with van der Waals surface area (Å²) >= 11 is 3.30. The lowest BCUT2D eigenvalue weighted by atomic mass is 10.1. The van der Waals surface area contributed by atoms with Crippen LogP contribution in [0.1, 0.15) is 18.1 Å². The Morgan fingerprint density at radius 3 is 2.82 bits per heavy atom. The van der Waals surface area contributed by atoms with Crippen LogP contribution < -0.4 is 9.47 Å². The number of hydrogen-bond donors (Lipinski definition) is 2. The maximum Gasteiger partial charge on any atom is 0.306 e. The zero-order valence-electron chi connectivity index (χ0n) is 8.85. The van der Waals surface area contributed by atoms with Crippen molar-refractivity contribution in [1.29, 1.82) is 0 Å². The molecule has 0 bridgehead atoms. The number of rotatable bonds is 3. The van der Waals surface area contributed by atoms with Crippen molar-refractivity contribution in [3.63, 3.8) is 0 Å². The number of halogens is 1. The third kappa shape index (κ3) is 2.70. The molecule has 2 rings (SSSR count). The zero-order chi connectivity index (χ0) is 12.4. The molecule has 1 heterocycles. The average molecular weight is 303 g/mol. The number of benzene rings is 1. The van der Waals surface area contributed by atoms with Crippen LogP contribution in [-0.4, -0.2) is 29.4 Å². The van der Waals surface area contributed by atoms with Gasteiger partial charge >= 0.3 is 5.97 Å². The monoisotopic (exact) mass is 302 g/mol. The van der Waals surface area contributed by atoms with E-state index in [0.717, 1.165) is 0 Å². The third-order valence-electron chi connectivity index (χ3n) is 2.37. The van der Waals surface area contributed by atoms with E-state index in [1.165, 1.54) is 0 Å². The second-order valence-corrected chi connectivity index (χ2v) is 4.49. The number of aliphatic carboxylic acids is 1. The maximum atomic E-state index is 10.5. The Bertz CT molecular complexity index is 446. The lowest BCUT2D eigenvalue weighted by molar-refractivity contribution is -0.139. The fourth-order valence-electron chi connectivity index (χ4n) is 1.61. The van der Waals surface area contributed by atoms with Crippen molar-refractivity contribution < 1.29 is 24.5 Å². The van der Waals surface area contributed by atoms with E-state index in [0.29, 0.717) is 34.7 Å². The summed E-state index contributed by atoms with van der Waals surface area (Å²) in [4.78, 5) is 10.5. The second-order valence-electron chi connectivity index (χ2n) is 3.64. The first kappa shape index (κ1) is 12.2. The molecule has 1 aliphatic heterocycles. The summed E-state index contributed by atoms with van der Waals surface area (Å²) in [6.45, 7) is 0.917. The molecule has 1 unspecified atom stereocenters. The first-order valence-electron chi connectivity index (χ1n) is 5.07. The molecular formula is C11H11BrO5. The molecule has 0 fully saturated rings. The minimum Gasteiger partial charge on any atom is -0.486 e. The number of carboxylic acid groups (broad SMARTS) is 1. The number of aliphatic hydroxyl groups excluding tert-OH is 1. The molecular weight excluding hydrogens is 292 g/mol. The summed E-state index contributed by atoms with van der Waals surface area (Å²) in [7, 11) is 0. The highest BCUT2D eigenvalue weighted by molar-refractivity contribution is 9.10. The number of carboxylic acids is 1. The Hall–Kier alpha value is -1.27. The molecule has 5 nitrogen and oxygen atoms in total. The highest BCUT2D eigenvalue weighted by Gasteiger charge is 2.20. The highest BCUT2D eigenvalue weighted by Crippen LogP contribution is 2.40. The van der Waals surface area contributed by atoms with Crippen LogP contribution in [-0.2, 0) is 4.79 Å². The van der Waals surface area contributed by atoms with Crippen LogP contribution in [0.5, 0.6) is 11.5 Å². The van der Waals surface area contributed by atoms with E-state index < -0.39 is 12.1 Å². The molecule has 17 heavy (non-hydrogen) atoms. The Kier molecular flexibility index (Phi) is 3.54. The van der Waals surface area contributed by atoms with E-state index in [2.05, 4.69) is 15.9 Å². The smallest absolute Gasteiger partial charge is 0.306 e. The largest absolute Gasteiger partial charge is 0.486 e. The fraction of sp³-hybridized carbons (Fsp3) is 0.364. The zero-order valence-corrected chi connectivity index (χ0v) is 10.4. The van der Waals surface area contributed by atoms with E-state index in [1.54, 1.807) is 12.1 Å². The first-order valence-corrected chi connectivity index (χ1v) is 5.86. The van der Waals surface area contributed by atoms with Crippen LogP contribution in [0.4, 0.5) is 0 Å². The Balaban J connectivity index is 2.30. The van der Waals surface area contributed by atoms with Gasteiger partial charge in [0.2, 0.25) is 0 Å². The van der Waals surface area contributed by atoms with Crippen LogP contribution in [0.15, 0.2) is 16.6 Å². The van der Waals surface area contributed by atoms with Crippen LogP contribution >= 0.6 is 15.9 Å². The van der Waals surface area contributed by atoms with E-state index >= 15 is 0 Å². The predicted octanol–water partition coefficient (Wildman–Crippen LogP) is 1.73. The van der Waals surface area contributed by atoms with Gasteiger partial charge in [-0.15, -0.1) is 0 Å². The average Bonchev–Trinajstić information content (AvgIpc) is 2.28. The summed E-state index contributed by atoms with van der Waals surface area (Å²) in [5.41, 5.74) is 0.489. The van der Waals surface area contributed by atoms with Gasteiger partial charge < -0.3 is 19.7 Å². The Labute approximate surface area is 106 Å². The molecule has 0 saturated carbocycles. The Morgan fingerprint density at radius 1 is 1.41 bits per heavy atom. The van der Waals surface area contributed by atoms with Crippen molar-refractivity contribution >= 4 is 21.9 Å². The Morgan fingerprint density at radius 2 is 2.12 bits per heavy atom. The van der Waals surface area contributed by atoms with E-state index in [1.807, 2.05) is 0 Å². The van der Waals surface area contributed by atoms with E-state index in [9.17, 15) is 9.90 Å². The second kappa shape index (κ2) is 4.93. The van der Waals surface area contributed by atoms with Crippen molar-refractivity contribution in [3.05, 3.63) is 22.2 Å². The van der Waals surface area contributed by atoms with Crippen molar-refractivity contribution in [1.82, 2.24) is 0 Å². The van der Waals surface area contributed by atoms with Crippen LogP contribution in [0.2, 0.25) is 0 Å². The van der Waals surface area contributed by atoms with Gasteiger partial charge in [-0.05, 0) is 33.6 Å². The molecule has 0 spiro atoms. The topological polar surface area (TPSA) is 76.0 Å². The van der Waals surface area contributed by atoms with Gasteiger partial charge in [-0.2, -0.15) is 0 Å². The number of aliphatic hydroxyl groups is 1. The normalized spacial score (nSPS) is 15.4. The maximum absolute atomic E-state index is 10.5. The van der Waals surface area contributed by atoms with Crippen molar-refractivity contribution in [2.45, 2.75) is 12.5 Å². The summed E-state index contributed by atoms with van der Waals surface area (Å²) in [6.07, 6.45) is -1.40. The third-order valence-corrected chi connectivity index (χ3v) is 2.96. The minimum absolute atomic E-state index is 0.341. The molecule has 0 saturated heterocycles. The number of ether oxygens (including phenoxy) is 2. The molecule has 1 aromatic rings. The number of hydrogen-bond acceptors (Lipinski definition) is 4. The predicted molar refractivity (Wildman–Crippen MR) is 62.3 cm³/mol. The van der Waals surface area contributed by atoms with Gasteiger partial charge in [-0.3, -0.25) is 4.79 Å². The molecule has 0 radical (unpaired) electrons. The summed E-state index contributed by atoms with van der Waals surface area (Å²) in [5.74, 6) is 0.0519. The summed E-state index contributed by atoms with van der Waals surface area (Å²) in [5, 5.41) is 18.3. The van der Waals surface area contributed by atoms with Gasteiger partial charge in [0.05, 0.1) is 17.0 Å². The van der Waals surface area contributed by atoms with Crippen molar-refractivity contribution in [2.75, 3.05) is 13.2 Å². The summed E-state index contributed by atoms with van der Waals surface area (Å²) in [6, 6.07) is 3.24. The van der Waals surface area contributed by atoms with Gasteiger partial charge in [-0.25, -0.2) is 0 Å². The van der Waals surface area contributed by atoms with Gasteiger partial charge in [0, 0.05) is 0 Å². The molecule has 1 aliphatic rings. The number of carbonyl (C=O) groups is 1. The van der Waals surface area contributed by atoms with Crippen LogP contribution in [0.3, 0.4) is 0 Å². The SMILES string of the molecule is O=C(O)CC(O)c1cc(Br)c2c(c1)OCCO2. The van der Waals surface area contributed by atoms with Crippen LogP contribution in [0, 0.1) is 0 Å². The van der Waals surface area contributed by atoms with Crippen molar-refractivity contribution in [2.24, 2.45) is 0 Å². The molecule has 0 amide bonds. The fourth-order valence-corrected chi connectivity index (χ4v) is 2.18. The quantitative estimate of drug-likeness (QED) is 0.889. The molecule has 0 aliphatic carbocycles. The molecule has 92 valence electrons. The molecule has 6 heteroatoms. The van der Waals surface area contributed by atoms with Gasteiger partial charge in [0.15, 0.2) is 11.5 Å². The van der Waals surface area contributed by atoms with Gasteiger partial charge in [0.1, 0.15) is 13.2 Å². The van der Waals surface area contributed by atoms with E-state index in [4.69, 9.17) is 14.6 Å². The molecule has 1 aromatic carbocycles. The first-order chi connectivity index (χ1) is 8.08. The van der Waals surface area contributed by atoms with Crippen LogP contribution in [0.25, 0.3) is 0 Å². The van der Waals surface area contributed by atoms with Crippen molar-refractivity contribution in [3.8, 4) is 11.5 Å². The molecule has 0 aromatic heterocycles. The molecule has 1 atom stereocenters. The van der Waals surface area contributed by atoms with E-state index in [-0.39, 0.29) is 6.42 Å². The highest BCUT2D eigenvalue weighted by atomic mass is 79.9. The van der Waals surface area contributed by atoms with Gasteiger partial charge in [-0.1, -0.05) is 0 Å². The lowest BCUT2D eigenvalue weighted by Gasteiger charge is -2.21. The number of fused-ring (bicyclic) bond motifs is 1. The standard InChI is InChI=1S/C11H11BrO5/c12-7-3-6(8(13)5-10(14)15)4-9-11(7)17-2-1-16-9/h3-4,8,13H,1-2,5H2,(H,14,15). The van der Waals surface area contributed by atoms with Gasteiger partial charge in [0.25, 0.3) is 0 Å². The molecule has 2 N–H and O–H groups in total. The lowest BCUT2D eigenvalue weighted by Crippen LogP contribution is -2.16. The minimum atomic E-state index is -1.06. The summed E-state index contributed by atoms with van der Waals surface area (Å²) < 4.78 is 11.4.